The predicted molar refractivity (Wildman–Crippen MR) is 99.8 cm³/mol. The lowest BCUT2D eigenvalue weighted by Gasteiger charge is -2.03. The van der Waals surface area contributed by atoms with Gasteiger partial charge in [-0.3, -0.25) is 4.79 Å². The van der Waals surface area contributed by atoms with Crippen molar-refractivity contribution in [3.05, 3.63) is 41.2 Å². The molecule has 0 fully saturated rings. The van der Waals surface area contributed by atoms with Gasteiger partial charge in [0.1, 0.15) is 0 Å². The van der Waals surface area contributed by atoms with Gasteiger partial charge in [-0.05, 0) is 44.5 Å². The Hall–Kier alpha value is -1.99. The normalized spacial score (nSPS) is 11.0. The monoisotopic (exact) mass is 358 g/mol. The summed E-state index contributed by atoms with van der Waals surface area (Å²) in [7, 11) is 0. The number of benzene rings is 1. The van der Waals surface area contributed by atoms with Crippen LogP contribution in [0.15, 0.2) is 29.4 Å². The number of amides is 1. The number of hydrogen-bond acceptors (Lipinski definition) is 6. The Kier molecular flexibility index (Phi) is 5.11. The molecule has 0 radical (unpaired) electrons. The van der Waals surface area contributed by atoms with E-state index in [2.05, 4.69) is 26.3 Å². The molecule has 1 amide bonds. The van der Waals surface area contributed by atoms with Crippen LogP contribution in [0.25, 0.3) is 10.2 Å². The van der Waals surface area contributed by atoms with E-state index in [-0.39, 0.29) is 5.91 Å². The fourth-order valence-corrected chi connectivity index (χ4v) is 4.13. The number of aryl methyl sites for hydroxylation is 3. The van der Waals surface area contributed by atoms with Crippen LogP contribution in [0.2, 0.25) is 0 Å². The van der Waals surface area contributed by atoms with Gasteiger partial charge in [-0.25, -0.2) is 15.0 Å². The number of nitrogens with zero attached hydrogens (tertiary/aromatic N) is 3. The number of fused-ring (bicyclic) bond motifs is 1. The van der Waals surface area contributed by atoms with Crippen molar-refractivity contribution in [3.8, 4) is 0 Å². The largest absolute Gasteiger partial charge is 0.302 e. The van der Waals surface area contributed by atoms with E-state index in [1.807, 2.05) is 39.0 Å². The highest BCUT2D eigenvalue weighted by molar-refractivity contribution is 7.99. The molecule has 0 atom stereocenters. The second kappa shape index (κ2) is 7.27. The summed E-state index contributed by atoms with van der Waals surface area (Å²) in [5.74, 6) is 0.598. The number of aromatic nitrogens is 3. The molecule has 0 aliphatic heterocycles. The first-order valence-electron chi connectivity index (χ1n) is 7.62. The Morgan fingerprint density at radius 1 is 1.12 bits per heavy atom. The molecule has 0 aliphatic carbocycles. The van der Waals surface area contributed by atoms with Gasteiger partial charge in [-0.15, -0.1) is 0 Å². The molecular formula is C17H18N4OS2. The van der Waals surface area contributed by atoms with Gasteiger partial charge in [0, 0.05) is 23.6 Å². The molecule has 1 aromatic carbocycles. The molecule has 7 heteroatoms. The zero-order chi connectivity index (χ0) is 17.1. The summed E-state index contributed by atoms with van der Waals surface area (Å²) in [5.41, 5.74) is 3.99. The quantitative estimate of drug-likeness (QED) is 0.548. The molecule has 0 unspecified atom stereocenters. The summed E-state index contributed by atoms with van der Waals surface area (Å²) >= 11 is 2.99. The minimum absolute atomic E-state index is 0.0392. The second-order valence-corrected chi connectivity index (χ2v) is 7.66. The van der Waals surface area contributed by atoms with E-state index in [9.17, 15) is 4.79 Å². The van der Waals surface area contributed by atoms with Crippen molar-refractivity contribution >= 4 is 44.4 Å². The maximum atomic E-state index is 12.1. The van der Waals surface area contributed by atoms with E-state index in [0.717, 1.165) is 26.8 Å². The van der Waals surface area contributed by atoms with Crippen LogP contribution in [0.4, 0.5) is 5.13 Å². The Balaban J connectivity index is 1.55. The van der Waals surface area contributed by atoms with Crippen LogP contribution in [-0.2, 0) is 4.79 Å². The third kappa shape index (κ3) is 4.30. The Morgan fingerprint density at radius 3 is 2.62 bits per heavy atom. The van der Waals surface area contributed by atoms with E-state index < -0.39 is 0 Å². The highest BCUT2D eigenvalue weighted by Gasteiger charge is 2.09. The van der Waals surface area contributed by atoms with Crippen LogP contribution in [0.1, 0.15) is 23.4 Å². The summed E-state index contributed by atoms with van der Waals surface area (Å²) in [6, 6.07) is 8.01. The van der Waals surface area contributed by atoms with Gasteiger partial charge in [-0.1, -0.05) is 29.2 Å². The molecule has 0 aliphatic rings. The van der Waals surface area contributed by atoms with Crippen molar-refractivity contribution in [1.29, 1.82) is 0 Å². The molecule has 0 spiro atoms. The first kappa shape index (κ1) is 16.9. The average Bonchev–Trinajstić information content (AvgIpc) is 2.87. The summed E-state index contributed by atoms with van der Waals surface area (Å²) < 4.78 is 1.09. The first-order chi connectivity index (χ1) is 11.5. The van der Waals surface area contributed by atoms with Crippen LogP contribution in [0.5, 0.6) is 0 Å². The standard InChI is InChI=1S/C17H18N4OS2/c1-10-4-5-13-14(8-10)24-17(20-13)21-15(22)6-7-23-16-18-11(2)9-12(3)19-16/h4-5,8-9H,6-7H2,1-3H3,(H,20,21,22). The average molecular weight is 358 g/mol. The number of rotatable bonds is 5. The van der Waals surface area contributed by atoms with Crippen molar-refractivity contribution in [3.63, 3.8) is 0 Å². The molecule has 124 valence electrons. The highest BCUT2D eigenvalue weighted by atomic mass is 32.2. The number of anilines is 1. The second-order valence-electron chi connectivity index (χ2n) is 5.57. The fourth-order valence-electron chi connectivity index (χ4n) is 2.26. The molecule has 2 aromatic heterocycles. The fraction of sp³-hybridized carbons (Fsp3) is 0.294. The molecule has 24 heavy (non-hydrogen) atoms. The minimum atomic E-state index is -0.0392. The number of carbonyl (C=O) groups excluding carboxylic acids is 1. The van der Waals surface area contributed by atoms with Crippen LogP contribution >= 0.6 is 23.1 Å². The highest BCUT2D eigenvalue weighted by Crippen LogP contribution is 2.26. The third-order valence-corrected chi connectivity index (χ3v) is 5.09. The van der Waals surface area contributed by atoms with Crippen LogP contribution in [-0.4, -0.2) is 26.6 Å². The summed E-state index contributed by atoms with van der Waals surface area (Å²) in [6.45, 7) is 5.93. The molecule has 0 saturated heterocycles. The topological polar surface area (TPSA) is 67.8 Å². The van der Waals surface area contributed by atoms with E-state index >= 15 is 0 Å². The molecule has 3 rings (SSSR count). The van der Waals surface area contributed by atoms with Crippen molar-refractivity contribution in [2.75, 3.05) is 11.1 Å². The van der Waals surface area contributed by atoms with E-state index in [1.54, 1.807) is 0 Å². The summed E-state index contributed by atoms with van der Waals surface area (Å²) in [4.78, 5) is 25.2. The van der Waals surface area contributed by atoms with Gasteiger partial charge in [-0.2, -0.15) is 0 Å². The minimum Gasteiger partial charge on any atom is -0.302 e. The number of thioether (sulfide) groups is 1. The van der Waals surface area contributed by atoms with Crippen LogP contribution in [0, 0.1) is 20.8 Å². The Bertz CT molecular complexity index is 871. The van der Waals surface area contributed by atoms with Crippen molar-refractivity contribution in [2.24, 2.45) is 0 Å². The van der Waals surface area contributed by atoms with Gasteiger partial charge in [0.15, 0.2) is 10.3 Å². The van der Waals surface area contributed by atoms with Crippen LogP contribution in [0.3, 0.4) is 0 Å². The maximum Gasteiger partial charge on any atom is 0.226 e. The molecule has 5 nitrogen and oxygen atoms in total. The van der Waals surface area contributed by atoms with Gasteiger partial charge in [0.25, 0.3) is 0 Å². The summed E-state index contributed by atoms with van der Waals surface area (Å²) in [5, 5.41) is 4.24. The van der Waals surface area contributed by atoms with Crippen molar-refractivity contribution < 1.29 is 4.79 Å². The number of hydrogen-bond donors (Lipinski definition) is 1. The molecule has 3 aromatic rings. The van der Waals surface area contributed by atoms with E-state index in [1.165, 1.54) is 28.7 Å². The molecular weight excluding hydrogens is 340 g/mol. The van der Waals surface area contributed by atoms with Gasteiger partial charge in [0.2, 0.25) is 5.91 Å². The molecule has 0 bridgehead atoms. The zero-order valence-electron chi connectivity index (χ0n) is 13.8. The lowest BCUT2D eigenvalue weighted by molar-refractivity contribution is -0.115. The molecule has 0 saturated carbocycles. The third-order valence-electron chi connectivity index (χ3n) is 3.31. The first-order valence-corrected chi connectivity index (χ1v) is 9.42. The lowest BCUT2D eigenvalue weighted by Crippen LogP contribution is -2.12. The molecule has 1 N–H and O–H groups in total. The van der Waals surface area contributed by atoms with Crippen LogP contribution < -0.4 is 5.32 Å². The predicted octanol–water partition coefficient (Wildman–Crippen LogP) is 4.13. The number of carbonyl (C=O) groups is 1. The van der Waals surface area contributed by atoms with E-state index in [0.29, 0.717) is 17.3 Å². The Labute approximate surface area is 148 Å². The van der Waals surface area contributed by atoms with Crippen molar-refractivity contribution in [1.82, 2.24) is 15.0 Å². The van der Waals surface area contributed by atoms with Gasteiger partial charge >= 0.3 is 0 Å². The van der Waals surface area contributed by atoms with E-state index in [4.69, 9.17) is 0 Å². The lowest BCUT2D eigenvalue weighted by atomic mass is 10.2. The zero-order valence-corrected chi connectivity index (χ0v) is 15.4. The summed E-state index contributed by atoms with van der Waals surface area (Å²) in [6.07, 6.45) is 0.399. The number of thiazole rings is 1. The van der Waals surface area contributed by atoms with Crippen molar-refractivity contribution in [2.45, 2.75) is 32.3 Å². The maximum absolute atomic E-state index is 12.1. The molecule has 2 heterocycles. The van der Waals surface area contributed by atoms with Gasteiger partial charge in [0.05, 0.1) is 10.2 Å². The van der Waals surface area contributed by atoms with Gasteiger partial charge < -0.3 is 5.32 Å². The number of nitrogens with one attached hydrogen (secondary N) is 1. The smallest absolute Gasteiger partial charge is 0.226 e. The SMILES string of the molecule is Cc1ccc2nc(NC(=O)CCSc3nc(C)cc(C)n3)sc2c1. The Morgan fingerprint density at radius 2 is 1.88 bits per heavy atom.